The number of thioether (sulfide) groups is 1. The number of methoxy groups -OCH3 is 1. The molecule has 0 bridgehead atoms. The maximum atomic E-state index is 14.0. The first kappa shape index (κ1) is 28.8. The number of piperazine rings is 1. The van der Waals surface area contributed by atoms with Crippen LogP contribution in [0.15, 0.2) is 15.8 Å². The van der Waals surface area contributed by atoms with Crippen molar-refractivity contribution >= 4 is 46.2 Å². The lowest BCUT2D eigenvalue weighted by Crippen LogP contribution is -2.55. The number of ether oxygens (including phenoxy) is 3. The summed E-state index contributed by atoms with van der Waals surface area (Å²) in [5.41, 5.74) is -1.98. The number of carbonyl (C=O) groups is 1. The van der Waals surface area contributed by atoms with Crippen LogP contribution in [0.4, 0.5) is 23.8 Å². The third-order valence-corrected chi connectivity index (χ3v) is 7.98. The second-order valence-corrected chi connectivity index (χ2v) is 11.7. The molecule has 0 N–H and O–H groups in total. The summed E-state index contributed by atoms with van der Waals surface area (Å²) >= 11 is 7.43. The maximum absolute atomic E-state index is 14.0. The second-order valence-electron chi connectivity index (χ2n) is 10.3. The minimum atomic E-state index is -4.71. The van der Waals surface area contributed by atoms with Crippen LogP contribution in [0.5, 0.6) is 0 Å². The van der Waals surface area contributed by atoms with Crippen molar-refractivity contribution in [1.29, 1.82) is 0 Å². The molecule has 1 saturated heterocycles. The summed E-state index contributed by atoms with van der Waals surface area (Å²) in [6.45, 7) is 7.99. The van der Waals surface area contributed by atoms with Crippen LogP contribution in [0, 0.1) is 0 Å². The predicted molar refractivity (Wildman–Crippen MR) is 138 cm³/mol. The van der Waals surface area contributed by atoms with Crippen molar-refractivity contribution in [2.75, 3.05) is 50.8 Å². The molecule has 1 aromatic heterocycles. The van der Waals surface area contributed by atoms with Crippen molar-refractivity contribution in [2.24, 2.45) is 0 Å². The maximum Gasteiger partial charge on any atom is 0.417 e. The van der Waals surface area contributed by atoms with Crippen molar-refractivity contribution in [3.8, 4) is 0 Å². The summed E-state index contributed by atoms with van der Waals surface area (Å²) in [7, 11) is 1.47. The smallest absolute Gasteiger partial charge is 0.417 e. The van der Waals surface area contributed by atoms with E-state index in [2.05, 4.69) is 4.98 Å². The number of hydrogen-bond acceptors (Lipinski definition) is 8. The van der Waals surface area contributed by atoms with Crippen molar-refractivity contribution in [3.63, 3.8) is 0 Å². The number of rotatable bonds is 5. The minimum Gasteiger partial charge on any atom is -0.444 e. The van der Waals surface area contributed by atoms with Crippen molar-refractivity contribution < 1.29 is 32.2 Å². The summed E-state index contributed by atoms with van der Waals surface area (Å²) in [5, 5.41) is -0.280. The number of nitrogens with zero attached hydrogens (tertiary/aromatic N) is 4. The fourth-order valence-electron chi connectivity index (χ4n) is 4.64. The van der Waals surface area contributed by atoms with Gasteiger partial charge in [0.05, 0.1) is 33.6 Å². The van der Waals surface area contributed by atoms with Crippen LogP contribution in [0.3, 0.4) is 0 Å². The predicted octanol–water partition coefficient (Wildman–Crippen LogP) is 4.78. The molecule has 2 aromatic rings. The summed E-state index contributed by atoms with van der Waals surface area (Å²) < 4.78 is 59.3. The number of anilines is 1. The Labute approximate surface area is 227 Å². The number of aromatic nitrogens is 2. The highest BCUT2D eigenvalue weighted by atomic mass is 35.5. The van der Waals surface area contributed by atoms with Crippen molar-refractivity contribution in [2.45, 2.75) is 56.5 Å². The van der Waals surface area contributed by atoms with Gasteiger partial charge >= 0.3 is 18.0 Å². The fraction of sp³-hybridized carbons (Fsp3) is 0.625. The van der Waals surface area contributed by atoms with E-state index in [1.807, 2.05) is 6.92 Å². The molecule has 2 aliphatic rings. The minimum absolute atomic E-state index is 0.00460. The molecule has 1 aromatic carbocycles. The summed E-state index contributed by atoms with van der Waals surface area (Å²) in [6, 6.07) is 0.131. The van der Waals surface area contributed by atoms with Gasteiger partial charge in [0, 0.05) is 43.9 Å². The van der Waals surface area contributed by atoms with E-state index >= 15 is 0 Å². The first-order valence-corrected chi connectivity index (χ1v) is 13.4. The molecule has 38 heavy (non-hydrogen) atoms. The summed E-state index contributed by atoms with van der Waals surface area (Å²) in [6.07, 6.45) is -5.18. The number of benzene rings is 1. The van der Waals surface area contributed by atoms with Gasteiger partial charge in [-0.3, -0.25) is 4.57 Å². The number of halogens is 4. The Hall–Kier alpha value is -2.22. The van der Waals surface area contributed by atoms with Crippen LogP contribution in [-0.2, 0) is 20.4 Å². The SMILES string of the molecule is COCOC[C@H]1CSc2c(Cl)c(C(F)(F)F)cc3c(N4CCN(C(=O)OC(C)(C)C)CC4C)nc(=O)n1c23. The highest BCUT2D eigenvalue weighted by Crippen LogP contribution is 2.48. The van der Waals surface area contributed by atoms with E-state index in [0.29, 0.717) is 5.52 Å². The van der Waals surface area contributed by atoms with Gasteiger partial charge in [0.2, 0.25) is 0 Å². The molecule has 2 aliphatic heterocycles. The Balaban J connectivity index is 1.81. The van der Waals surface area contributed by atoms with Gasteiger partial charge < -0.3 is 24.0 Å². The molecule has 0 saturated carbocycles. The Bertz CT molecular complexity index is 1280. The largest absolute Gasteiger partial charge is 0.444 e. The molecule has 9 nitrogen and oxygen atoms in total. The van der Waals surface area contributed by atoms with E-state index in [4.69, 9.17) is 25.8 Å². The van der Waals surface area contributed by atoms with Crippen LogP contribution in [0.25, 0.3) is 10.9 Å². The third kappa shape index (κ3) is 5.70. The summed E-state index contributed by atoms with van der Waals surface area (Å²) in [4.78, 5) is 33.7. The first-order valence-electron chi connectivity index (χ1n) is 12.0. The fourth-order valence-corrected chi connectivity index (χ4v) is 6.24. The van der Waals surface area contributed by atoms with E-state index in [1.165, 1.54) is 11.7 Å². The van der Waals surface area contributed by atoms with Crippen LogP contribution in [0.1, 0.15) is 39.3 Å². The van der Waals surface area contributed by atoms with Gasteiger partial charge in [-0.25, -0.2) is 9.59 Å². The molecule has 3 heterocycles. The van der Waals surface area contributed by atoms with E-state index in [0.717, 1.165) is 17.8 Å². The zero-order valence-electron chi connectivity index (χ0n) is 21.7. The Morgan fingerprint density at radius 2 is 1.97 bits per heavy atom. The molecule has 1 fully saturated rings. The van der Waals surface area contributed by atoms with Crippen LogP contribution in [0.2, 0.25) is 5.02 Å². The highest BCUT2D eigenvalue weighted by Gasteiger charge is 2.39. The standard InChI is InChI=1S/C24H30ClF3N4O5S/c1-13-9-30(22(34)37-23(2,3)4)6-7-31(13)20-15-8-16(24(26,27)28)17(25)19-18(15)32(21(33)29-20)14(11-38-19)10-36-12-35-5/h8,13-14H,6-7,9-12H2,1-5H3/t13?,14-/m0/s1. The molecule has 4 rings (SSSR count). The Morgan fingerprint density at radius 3 is 2.58 bits per heavy atom. The quantitative estimate of drug-likeness (QED) is 0.370. The van der Waals surface area contributed by atoms with E-state index in [-0.39, 0.29) is 60.9 Å². The topological polar surface area (TPSA) is 86.1 Å². The lowest BCUT2D eigenvalue weighted by molar-refractivity contribution is -0.137. The average Bonchev–Trinajstić information content (AvgIpc) is 2.81. The zero-order chi connectivity index (χ0) is 28.0. The molecule has 0 aliphatic carbocycles. The van der Waals surface area contributed by atoms with Crippen molar-refractivity contribution in [1.82, 2.24) is 14.5 Å². The van der Waals surface area contributed by atoms with Gasteiger partial charge in [-0.1, -0.05) is 11.6 Å². The van der Waals surface area contributed by atoms with Crippen LogP contribution >= 0.6 is 23.4 Å². The first-order chi connectivity index (χ1) is 17.7. The van der Waals surface area contributed by atoms with Crippen molar-refractivity contribution in [3.05, 3.63) is 27.1 Å². The van der Waals surface area contributed by atoms with Gasteiger partial charge in [-0.05, 0) is 33.8 Å². The molecular weight excluding hydrogens is 549 g/mol. The lowest BCUT2D eigenvalue weighted by atomic mass is 10.1. The zero-order valence-corrected chi connectivity index (χ0v) is 23.3. The molecule has 1 amide bonds. The van der Waals surface area contributed by atoms with Crippen LogP contribution in [-0.4, -0.2) is 78.1 Å². The molecular formula is C24H30ClF3N4O5S. The lowest BCUT2D eigenvalue weighted by Gasteiger charge is -2.41. The summed E-state index contributed by atoms with van der Waals surface area (Å²) in [5.74, 6) is 0.402. The van der Waals surface area contributed by atoms with Gasteiger partial charge in [0.25, 0.3) is 0 Å². The second kappa shape index (κ2) is 10.7. The van der Waals surface area contributed by atoms with Gasteiger partial charge in [-0.15, -0.1) is 11.8 Å². The van der Waals surface area contributed by atoms with Gasteiger partial charge in [-0.2, -0.15) is 18.2 Å². The number of hydrogen-bond donors (Lipinski definition) is 0. The van der Waals surface area contributed by atoms with E-state index in [9.17, 15) is 22.8 Å². The Kier molecular flexibility index (Phi) is 8.14. The molecule has 210 valence electrons. The highest BCUT2D eigenvalue weighted by molar-refractivity contribution is 7.99. The molecule has 2 atom stereocenters. The van der Waals surface area contributed by atoms with Gasteiger partial charge in [0.1, 0.15) is 18.2 Å². The van der Waals surface area contributed by atoms with Gasteiger partial charge in [0.15, 0.2) is 0 Å². The molecule has 14 heteroatoms. The number of amides is 1. The molecule has 0 spiro atoms. The normalized spacial score (nSPS) is 20.2. The Morgan fingerprint density at radius 1 is 1.26 bits per heavy atom. The third-order valence-electron chi connectivity index (χ3n) is 6.24. The average molecular weight is 579 g/mol. The number of carbonyl (C=O) groups excluding carboxylic acids is 1. The molecule has 1 unspecified atom stereocenters. The molecule has 0 radical (unpaired) electrons. The monoisotopic (exact) mass is 578 g/mol. The van der Waals surface area contributed by atoms with Crippen LogP contribution < -0.4 is 10.6 Å². The number of alkyl halides is 3. The van der Waals surface area contributed by atoms with E-state index < -0.39 is 40.2 Å². The van der Waals surface area contributed by atoms with E-state index in [1.54, 1.807) is 30.6 Å².